The molecule has 0 unspecified atom stereocenters. The quantitative estimate of drug-likeness (QED) is 0.812. The minimum atomic E-state index is -0.315. The molecule has 1 amide bonds. The number of aromatic nitrogens is 3. The highest BCUT2D eigenvalue weighted by Crippen LogP contribution is 2.02. The Bertz CT molecular complexity index is 529. The van der Waals surface area contributed by atoms with Crippen LogP contribution in [0.3, 0.4) is 0 Å². The van der Waals surface area contributed by atoms with Crippen molar-refractivity contribution in [2.75, 3.05) is 12.3 Å². The van der Waals surface area contributed by atoms with Gasteiger partial charge in [0, 0.05) is 31.3 Å². The SMILES string of the molecule is Nc1nccnc1C(=O)NCCc1cccnc1. The zero-order chi connectivity index (χ0) is 12.8. The normalized spacial score (nSPS) is 10.0. The minimum absolute atomic E-state index is 0.136. The highest BCUT2D eigenvalue weighted by Gasteiger charge is 2.10. The highest BCUT2D eigenvalue weighted by molar-refractivity contribution is 5.96. The van der Waals surface area contributed by atoms with Gasteiger partial charge in [-0.1, -0.05) is 6.07 Å². The fourth-order valence-corrected chi connectivity index (χ4v) is 1.47. The molecule has 0 aromatic carbocycles. The molecule has 6 nitrogen and oxygen atoms in total. The minimum Gasteiger partial charge on any atom is -0.382 e. The molecule has 0 bridgehead atoms. The zero-order valence-corrected chi connectivity index (χ0v) is 9.71. The van der Waals surface area contributed by atoms with Crippen molar-refractivity contribution in [3.8, 4) is 0 Å². The monoisotopic (exact) mass is 243 g/mol. The van der Waals surface area contributed by atoms with Crippen molar-refractivity contribution in [1.82, 2.24) is 20.3 Å². The zero-order valence-electron chi connectivity index (χ0n) is 9.71. The van der Waals surface area contributed by atoms with Gasteiger partial charge in [0.15, 0.2) is 11.5 Å². The second kappa shape index (κ2) is 5.72. The molecular formula is C12H13N5O. The summed E-state index contributed by atoms with van der Waals surface area (Å²) in [6.45, 7) is 0.501. The lowest BCUT2D eigenvalue weighted by Crippen LogP contribution is -2.27. The van der Waals surface area contributed by atoms with E-state index in [0.29, 0.717) is 13.0 Å². The molecule has 0 spiro atoms. The molecule has 0 radical (unpaired) electrons. The molecule has 0 fully saturated rings. The van der Waals surface area contributed by atoms with Gasteiger partial charge in [-0.05, 0) is 18.1 Å². The van der Waals surface area contributed by atoms with Gasteiger partial charge in [-0.25, -0.2) is 9.97 Å². The summed E-state index contributed by atoms with van der Waals surface area (Å²) < 4.78 is 0. The van der Waals surface area contributed by atoms with Crippen molar-refractivity contribution in [1.29, 1.82) is 0 Å². The number of nitrogens with two attached hydrogens (primary N) is 1. The van der Waals surface area contributed by atoms with Crippen LogP contribution in [0.5, 0.6) is 0 Å². The first kappa shape index (κ1) is 12.0. The summed E-state index contributed by atoms with van der Waals surface area (Å²) in [4.78, 5) is 23.4. The van der Waals surface area contributed by atoms with Gasteiger partial charge in [-0.3, -0.25) is 9.78 Å². The molecule has 0 aliphatic heterocycles. The fraction of sp³-hybridized carbons (Fsp3) is 0.167. The largest absolute Gasteiger partial charge is 0.382 e. The van der Waals surface area contributed by atoms with E-state index in [4.69, 9.17) is 5.73 Å². The number of carbonyl (C=O) groups excluding carboxylic acids is 1. The lowest BCUT2D eigenvalue weighted by Gasteiger charge is -2.05. The van der Waals surface area contributed by atoms with E-state index in [9.17, 15) is 4.79 Å². The Morgan fingerprint density at radius 1 is 1.28 bits per heavy atom. The van der Waals surface area contributed by atoms with Crippen LogP contribution in [-0.2, 0) is 6.42 Å². The second-order valence-corrected chi connectivity index (χ2v) is 3.66. The Hall–Kier alpha value is -2.50. The first-order chi connectivity index (χ1) is 8.77. The Kier molecular flexibility index (Phi) is 3.80. The molecule has 6 heteroatoms. The molecule has 3 N–H and O–H groups in total. The van der Waals surface area contributed by atoms with Crippen LogP contribution in [0.25, 0.3) is 0 Å². The number of pyridine rings is 1. The summed E-state index contributed by atoms with van der Waals surface area (Å²) in [5, 5.41) is 2.74. The summed E-state index contributed by atoms with van der Waals surface area (Å²) in [7, 11) is 0. The van der Waals surface area contributed by atoms with Crippen LogP contribution in [-0.4, -0.2) is 27.4 Å². The smallest absolute Gasteiger partial charge is 0.273 e. The molecule has 2 rings (SSSR count). The van der Waals surface area contributed by atoms with Crippen molar-refractivity contribution < 1.29 is 4.79 Å². The number of carbonyl (C=O) groups is 1. The van der Waals surface area contributed by atoms with Gasteiger partial charge in [-0.2, -0.15) is 0 Å². The predicted molar refractivity (Wildman–Crippen MR) is 66.7 cm³/mol. The highest BCUT2D eigenvalue weighted by atomic mass is 16.1. The molecule has 0 saturated heterocycles. The van der Waals surface area contributed by atoms with Gasteiger partial charge in [0.05, 0.1) is 0 Å². The molecule has 2 aromatic rings. The maximum atomic E-state index is 11.7. The summed E-state index contributed by atoms with van der Waals surface area (Å²) >= 11 is 0. The van der Waals surface area contributed by atoms with Gasteiger partial charge < -0.3 is 11.1 Å². The number of nitrogens with one attached hydrogen (secondary N) is 1. The third kappa shape index (κ3) is 3.00. The van der Waals surface area contributed by atoms with Crippen LogP contribution in [0, 0.1) is 0 Å². The summed E-state index contributed by atoms with van der Waals surface area (Å²) in [5.74, 6) is -0.180. The van der Waals surface area contributed by atoms with E-state index in [2.05, 4.69) is 20.3 Å². The van der Waals surface area contributed by atoms with Crippen LogP contribution in [0.2, 0.25) is 0 Å². The number of amides is 1. The third-order valence-corrected chi connectivity index (χ3v) is 2.36. The standard InChI is InChI=1S/C12H13N5O/c13-11-10(15-6-7-16-11)12(18)17-5-3-9-2-1-4-14-8-9/h1-2,4,6-8H,3,5H2,(H2,13,16)(H,17,18). The van der Waals surface area contributed by atoms with Gasteiger partial charge >= 0.3 is 0 Å². The van der Waals surface area contributed by atoms with E-state index in [-0.39, 0.29) is 17.4 Å². The first-order valence-electron chi connectivity index (χ1n) is 5.51. The van der Waals surface area contributed by atoms with Crippen molar-refractivity contribution in [3.05, 3.63) is 48.2 Å². The number of hydrogen-bond acceptors (Lipinski definition) is 5. The van der Waals surface area contributed by atoms with Crippen LogP contribution >= 0.6 is 0 Å². The van der Waals surface area contributed by atoms with Gasteiger partial charge in [0.1, 0.15) is 0 Å². The Balaban J connectivity index is 1.88. The second-order valence-electron chi connectivity index (χ2n) is 3.66. The summed E-state index contributed by atoms with van der Waals surface area (Å²) in [6.07, 6.45) is 7.07. The molecule has 2 aromatic heterocycles. The van der Waals surface area contributed by atoms with E-state index >= 15 is 0 Å². The Morgan fingerprint density at radius 2 is 2.11 bits per heavy atom. The maximum absolute atomic E-state index is 11.7. The average Bonchev–Trinajstić information content (AvgIpc) is 2.40. The lowest BCUT2D eigenvalue weighted by molar-refractivity contribution is 0.0950. The maximum Gasteiger partial charge on any atom is 0.273 e. The third-order valence-electron chi connectivity index (χ3n) is 2.36. The summed E-state index contributed by atoms with van der Waals surface area (Å²) in [6, 6.07) is 3.81. The average molecular weight is 243 g/mol. The first-order valence-corrected chi connectivity index (χ1v) is 5.51. The van der Waals surface area contributed by atoms with Crippen molar-refractivity contribution in [2.24, 2.45) is 0 Å². The predicted octanol–water partition coefficient (Wildman–Crippen LogP) is 0.426. The van der Waals surface area contributed by atoms with Gasteiger partial charge in [0.2, 0.25) is 0 Å². The molecule has 0 aliphatic carbocycles. The fourth-order valence-electron chi connectivity index (χ4n) is 1.47. The number of hydrogen-bond donors (Lipinski definition) is 2. The number of rotatable bonds is 4. The molecule has 18 heavy (non-hydrogen) atoms. The summed E-state index contributed by atoms with van der Waals surface area (Å²) in [5.41, 5.74) is 6.78. The van der Waals surface area contributed by atoms with Gasteiger partial charge in [-0.15, -0.1) is 0 Å². The van der Waals surface area contributed by atoms with Crippen molar-refractivity contribution >= 4 is 11.7 Å². The number of nitrogen functional groups attached to an aromatic ring is 1. The van der Waals surface area contributed by atoms with Crippen LogP contribution in [0.15, 0.2) is 36.9 Å². The van der Waals surface area contributed by atoms with Crippen LogP contribution < -0.4 is 11.1 Å². The number of nitrogens with zero attached hydrogens (tertiary/aromatic N) is 3. The Labute approximate surface area is 104 Å². The van der Waals surface area contributed by atoms with E-state index in [0.717, 1.165) is 5.56 Å². The van der Waals surface area contributed by atoms with Crippen LogP contribution in [0.1, 0.15) is 16.1 Å². The molecular weight excluding hydrogens is 230 g/mol. The Morgan fingerprint density at radius 3 is 2.83 bits per heavy atom. The lowest BCUT2D eigenvalue weighted by atomic mass is 10.2. The number of anilines is 1. The molecule has 0 aliphatic rings. The van der Waals surface area contributed by atoms with E-state index < -0.39 is 0 Å². The van der Waals surface area contributed by atoms with E-state index in [1.165, 1.54) is 12.4 Å². The van der Waals surface area contributed by atoms with Crippen molar-refractivity contribution in [2.45, 2.75) is 6.42 Å². The van der Waals surface area contributed by atoms with Crippen molar-refractivity contribution in [3.63, 3.8) is 0 Å². The van der Waals surface area contributed by atoms with E-state index in [1.807, 2.05) is 12.1 Å². The molecule has 92 valence electrons. The van der Waals surface area contributed by atoms with Gasteiger partial charge in [0.25, 0.3) is 5.91 Å². The topological polar surface area (TPSA) is 93.8 Å². The molecule has 0 atom stereocenters. The van der Waals surface area contributed by atoms with E-state index in [1.54, 1.807) is 12.4 Å². The molecule has 2 heterocycles. The molecule has 0 saturated carbocycles. The van der Waals surface area contributed by atoms with Crippen LogP contribution in [0.4, 0.5) is 5.82 Å².